The molecule has 2 fully saturated rings. The molecule has 0 spiro atoms. The second-order valence-electron chi connectivity index (χ2n) is 19.6. The van der Waals surface area contributed by atoms with E-state index in [1.165, 1.54) is 4.57 Å². The molecule has 0 aliphatic carbocycles. The summed E-state index contributed by atoms with van der Waals surface area (Å²) in [6.45, 7) is 14.8. The summed E-state index contributed by atoms with van der Waals surface area (Å²) in [5, 5.41) is 11.8. The maximum Gasteiger partial charge on any atom is 0.293 e. The number of anilines is 4. The van der Waals surface area contributed by atoms with Crippen LogP contribution in [0.2, 0.25) is 0 Å². The lowest BCUT2D eigenvalue weighted by molar-refractivity contribution is -0.136. The quantitative estimate of drug-likeness (QED) is 0.0781. The lowest BCUT2D eigenvalue weighted by atomic mass is 9.86. The fraction of sp³-hybridized carbons (Fsp3) is 0.370. The molecule has 2 unspecified atom stereocenters. The summed E-state index contributed by atoms with van der Waals surface area (Å²) in [5.41, 5.74) is 6.34. The number of hydrogen-bond acceptors (Lipinski definition) is 11. The van der Waals surface area contributed by atoms with Crippen LogP contribution in [0.25, 0.3) is 11.3 Å². The van der Waals surface area contributed by atoms with Crippen molar-refractivity contribution in [2.24, 2.45) is 13.0 Å². The molecule has 0 saturated carbocycles. The molecule has 1 aromatic heterocycles. The zero-order valence-electron chi connectivity index (χ0n) is 40.7. The first-order valence-corrected chi connectivity index (χ1v) is 24.0. The van der Waals surface area contributed by atoms with E-state index in [0.29, 0.717) is 59.4 Å². The second-order valence-corrected chi connectivity index (χ2v) is 19.6. The number of piperazine rings is 1. The number of aryl methyl sites for hydroxylation is 1. The van der Waals surface area contributed by atoms with Gasteiger partial charge in [-0.05, 0) is 116 Å². The van der Waals surface area contributed by atoms with Crippen molar-refractivity contribution < 1.29 is 28.8 Å². The minimum absolute atomic E-state index is 0.0238. The largest absolute Gasteiger partial charge is 0.384 e. The molecule has 2 atom stereocenters. The van der Waals surface area contributed by atoms with Gasteiger partial charge in [0.1, 0.15) is 6.04 Å². The number of amides is 6. The van der Waals surface area contributed by atoms with Crippen molar-refractivity contribution in [2.45, 2.75) is 78.2 Å². The van der Waals surface area contributed by atoms with Gasteiger partial charge in [-0.1, -0.05) is 58.0 Å². The smallest absolute Gasteiger partial charge is 0.293 e. The fourth-order valence-electron chi connectivity index (χ4n) is 9.30. The molecule has 4 N–H and O–H groups in total. The third-order valence-corrected chi connectivity index (χ3v) is 13.6. The van der Waals surface area contributed by atoms with Gasteiger partial charge in [-0.25, -0.2) is 4.98 Å². The Balaban J connectivity index is 0.785. The van der Waals surface area contributed by atoms with Crippen LogP contribution in [0.5, 0.6) is 0 Å². The Morgan fingerprint density at radius 2 is 1.49 bits per heavy atom. The van der Waals surface area contributed by atoms with Gasteiger partial charge < -0.3 is 25.4 Å². The standard InChI is InChI=1S/C54H61N9O7/c1-33(25-26-55-42-14-8-12-40-46(42)52(69)63(51(40)68)44-23-24-45(64)59-49(44)66)10-9-27-61-28-30-62(31-29-61)50(67)36-17-21-38(22-18-36)56-47-53(70)60(6)32-43(57-47)39-11-7-13-41(34(39)2)58-48(65)35-15-19-37(20-16-35)54(3,4)5/h7-8,11-22,32-33,44,55H,9-10,23-31H2,1-6H3,(H,56,57)(H,58,65)(H,59,64,66). The normalized spacial score (nSPS) is 16.7. The number of rotatable bonds is 15. The molecule has 6 amide bonds. The maximum absolute atomic E-state index is 13.6. The van der Waals surface area contributed by atoms with Crippen LogP contribution in [0, 0.1) is 12.8 Å². The molecule has 5 aromatic rings. The van der Waals surface area contributed by atoms with Gasteiger partial charge in [-0.2, -0.15) is 0 Å². The predicted octanol–water partition coefficient (Wildman–Crippen LogP) is 7.13. The van der Waals surface area contributed by atoms with Crippen LogP contribution < -0.4 is 26.8 Å². The Kier molecular flexibility index (Phi) is 14.4. The van der Waals surface area contributed by atoms with Gasteiger partial charge >= 0.3 is 0 Å². The zero-order chi connectivity index (χ0) is 49.9. The number of piperidine rings is 1. The summed E-state index contributed by atoms with van der Waals surface area (Å²) in [5.74, 6) is -1.84. The zero-order valence-corrected chi connectivity index (χ0v) is 40.7. The van der Waals surface area contributed by atoms with Crippen LogP contribution in [-0.2, 0) is 22.1 Å². The molecule has 8 rings (SSSR count). The molecule has 3 aliphatic heterocycles. The number of aromatic nitrogens is 2. The van der Waals surface area contributed by atoms with E-state index in [0.717, 1.165) is 60.5 Å². The molecular weight excluding hydrogens is 887 g/mol. The van der Waals surface area contributed by atoms with Gasteiger partial charge in [0.2, 0.25) is 11.8 Å². The van der Waals surface area contributed by atoms with Gasteiger partial charge in [0.25, 0.3) is 29.2 Å². The van der Waals surface area contributed by atoms with Crippen LogP contribution >= 0.6 is 0 Å². The van der Waals surface area contributed by atoms with E-state index >= 15 is 0 Å². The van der Waals surface area contributed by atoms with E-state index in [2.05, 4.69) is 53.9 Å². The van der Waals surface area contributed by atoms with Crippen molar-refractivity contribution in [2.75, 3.05) is 55.2 Å². The first-order valence-electron chi connectivity index (χ1n) is 24.0. The van der Waals surface area contributed by atoms with Crippen molar-refractivity contribution >= 4 is 58.3 Å². The number of carbonyl (C=O) groups excluding carboxylic acids is 6. The van der Waals surface area contributed by atoms with Crippen LogP contribution in [0.3, 0.4) is 0 Å². The number of hydrogen-bond donors (Lipinski definition) is 4. The number of benzene rings is 4. The number of nitrogens with zero attached hydrogens (tertiary/aromatic N) is 5. The van der Waals surface area contributed by atoms with Gasteiger partial charge in [0.05, 0.1) is 16.8 Å². The van der Waals surface area contributed by atoms with Crippen LogP contribution in [-0.4, -0.2) is 105 Å². The highest BCUT2D eigenvalue weighted by Crippen LogP contribution is 2.33. The van der Waals surface area contributed by atoms with E-state index in [4.69, 9.17) is 4.98 Å². The average Bonchev–Trinajstić information content (AvgIpc) is 3.59. The molecule has 2 saturated heterocycles. The third kappa shape index (κ3) is 10.7. The first-order chi connectivity index (χ1) is 33.5. The fourth-order valence-corrected chi connectivity index (χ4v) is 9.30. The van der Waals surface area contributed by atoms with Gasteiger partial charge in [0.15, 0.2) is 5.82 Å². The van der Waals surface area contributed by atoms with Crippen LogP contribution in [0.4, 0.5) is 22.9 Å². The monoisotopic (exact) mass is 947 g/mol. The molecule has 0 bridgehead atoms. The highest BCUT2D eigenvalue weighted by molar-refractivity contribution is 6.25. The van der Waals surface area contributed by atoms with Gasteiger partial charge in [-0.15, -0.1) is 0 Å². The van der Waals surface area contributed by atoms with E-state index in [1.54, 1.807) is 55.7 Å². The second kappa shape index (κ2) is 20.6. The predicted molar refractivity (Wildman–Crippen MR) is 269 cm³/mol. The molecule has 70 heavy (non-hydrogen) atoms. The first kappa shape index (κ1) is 49.0. The lowest BCUT2D eigenvalue weighted by Crippen LogP contribution is -2.54. The lowest BCUT2D eigenvalue weighted by Gasteiger charge is -2.35. The minimum Gasteiger partial charge on any atom is -0.384 e. The maximum atomic E-state index is 13.6. The van der Waals surface area contributed by atoms with Crippen molar-refractivity contribution in [3.05, 3.63) is 135 Å². The summed E-state index contributed by atoms with van der Waals surface area (Å²) in [6, 6.07) is 24.3. The minimum atomic E-state index is -1.01. The molecule has 0 radical (unpaired) electrons. The molecule has 364 valence electrons. The van der Waals surface area contributed by atoms with Crippen LogP contribution in [0.15, 0.2) is 95.9 Å². The summed E-state index contributed by atoms with van der Waals surface area (Å²) >= 11 is 0. The van der Waals surface area contributed by atoms with Gasteiger partial charge in [-0.3, -0.25) is 48.7 Å². The van der Waals surface area contributed by atoms with E-state index in [9.17, 15) is 33.6 Å². The third-order valence-electron chi connectivity index (χ3n) is 13.6. The Hall–Kier alpha value is -7.46. The average molecular weight is 948 g/mol. The van der Waals surface area contributed by atoms with E-state index in [-0.39, 0.29) is 52.6 Å². The molecule has 3 aliphatic rings. The Morgan fingerprint density at radius 3 is 2.17 bits per heavy atom. The van der Waals surface area contributed by atoms with Crippen molar-refractivity contribution in [1.82, 2.24) is 29.6 Å². The van der Waals surface area contributed by atoms with E-state index < -0.39 is 29.7 Å². The summed E-state index contributed by atoms with van der Waals surface area (Å²) in [6.07, 6.45) is 4.70. The molecule has 4 heterocycles. The molecular formula is C54H61N9O7. The highest BCUT2D eigenvalue weighted by atomic mass is 16.2. The molecule has 4 aromatic carbocycles. The van der Waals surface area contributed by atoms with Crippen molar-refractivity contribution in [1.29, 1.82) is 0 Å². The Labute approximate surface area is 407 Å². The number of imide groups is 2. The van der Waals surface area contributed by atoms with Crippen LogP contribution in [0.1, 0.15) is 112 Å². The summed E-state index contributed by atoms with van der Waals surface area (Å²) in [7, 11) is 1.67. The van der Waals surface area contributed by atoms with Gasteiger partial charge in [0, 0.05) is 86.1 Å². The van der Waals surface area contributed by atoms with Crippen molar-refractivity contribution in [3.8, 4) is 11.3 Å². The highest BCUT2D eigenvalue weighted by Gasteiger charge is 2.45. The molecule has 16 heteroatoms. The Morgan fingerprint density at radius 1 is 0.814 bits per heavy atom. The number of nitrogens with one attached hydrogen (secondary N) is 4. The SMILES string of the molecule is Cc1c(NC(=O)c2ccc(C(C)(C)C)cc2)cccc1-c1cn(C)c(=O)c(Nc2ccc(C(=O)N3CCN(CCCC(C)CCNc4cccc5c4C(=O)N(C4CCC(=O)NC4=O)C5=O)CC3)cc2)n1. The number of carbonyl (C=O) groups is 6. The van der Waals surface area contributed by atoms with Crippen molar-refractivity contribution in [3.63, 3.8) is 0 Å². The Bertz CT molecular complexity index is 2900. The summed E-state index contributed by atoms with van der Waals surface area (Å²) < 4.78 is 1.47. The van der Waals surface area contributed by atoms with E-state index in [1.807, 2.05) is 54.3 Å². The summed E-state index contributed by atoms with van der Waals surface area (Å²) in [4.78, 5) is 101. The molecule has 16 nitrogen and oxygen atoms in total. The topological polar surface area (TPSA) is 195 Å². The number of fused-ring (bicyclic) bond motifs is 1.